The van der Waals surface area contributed by atoms with Crippen molar-refractivity contribution < 1.29 is 9.30 Å². The zero-order valence-electron chi connectivity index (χ0n) is 10.8. The van der Waals surface area contributed by atoms with Gasteiger partial charge >= 0.3 is 0 Å². The highest BCUT2D eigenvalue weighted by atomic mass is 16.5. The second-order valence-corrected chi connectivity index (χ2v) is 4.22. The lowest BCUT2D eigenvalue weighted by Crippen LogP contribution is -2.38. The van der Waals surface area contributed by atoms with Gasteiger partial charge in [-0.15, -0.1) is 0 Å². The molecule has 0 amide bonds. The molecule has 1 rings (SSSR count). The first-order chi connectivity index (χ1) is 7.65. The lowest BCUT2D eigenvalue weighted by Gasteiger charge is -2.12. The van der Waals surface area contributed by atoms with Crippen LogP contribution in [0.25, 0.3) is 0 Å². The van der Waals surface area contributed by atoms with Gasteiger partial charge in [0.2, 0.25) is 0 Å². The highest BCUT2D eigenvalue weighted by Gasteiger charge is 2.11. The summed E-state index contributed by atoms with van der Waals surface area (Å²) in [7, 11) is 4.09. The Morgan fingerprint density at radius 2 is 1.94 bits per heavy atom. The van der Waals surface area contributed by atoms with E-state index >= 15 is 0 Å². The van der Waals surface area contributed by atoms with E-state index in [1.165, 1.54) is 12.1 Å². The van der Waals surface area contributed by atoms with E-state index in [1.807, 2.05) is 14.1 Å². The van der Waals surface area contributed by atoms with Crippen LogP contribution in [0, 0.1) is 0 Å². The number of rotatable bonds is 6. The Balaban J connectivity index is 2.52. The highest BCUT2D eigenvalue weighted by molar-refractivity contribution is 5.41. The molecular formula is C13H23N2O+. The number of pyridine rings is 1. The Morgan fingerprint density at radius 1 is 1.31 bits per heavy atom. The molecule has 1 aromatic heterocycles. The zero-order chi connectivity index (χ0) is 12.0. The fourth-order valence-corrected chi connectivity index (χ4v) is 1.45. The molecule has 90 valence electrons. The topological polar surface area (TPSA) is 16.4 Å². The van der Waals surface area contributed by atoms with Crippen LogP contribution in [0.3, 0.4) is 0 Å². The van der Waals surface area contributed by atoms with Crippen molar-refractivity contribution in [3.05, 3.63) is 24.5 Å². The van der Waals surface area contributed by atoms with Gasteiger partial charge in [-0.2, -0.15) is 4.57 Å². The number of hydrogen-bond acceptors (Lipinski definition) is 2. The third-order valence-electron chi connectivity index (χ3n) is 2.63. The molecule has 0 fully saturated rings. The summed E-state index contributed by atoms with van der Waals surface area (Å²) in [6, 6.07) is 4.19. The van der Waals surface area contributed by atoms with Gasteiger partial charge in [0.15, 0.2) is 12.4 Å². The smallest absolute Gasteiger partial charge is 0.259 e. The van der Waals surface area contributed by atoms with E-state index in [0.717, 1.165) is 13.0 Å². The first kappa shape index (κ1) is 13.0. The van der Waals surface area contributed by atoms with Gasteiger partial charge in [-0.25, -0.2) is 0 Å². The van der Waals surface area contributed by atoms with E-state index in [4.69, 9.17) is 4.74 Å². The molecule has 16 heavy (non-hydrogen) atoms. The predicted octanol–water partition coefficient (Wildman–Crippen LogP) is 2.38. The van der Waals surface area contributed by atoms with Crippen molar-refractivity contribution in [1.82, 2.24) is 0 Å². The highest BCUT2D eigenvalue weighted by Crippen LogP contribution is 2.08. The molecule has 0 spiro atoms. The van der Waals surface area contributed by atoms with Gasteiger partial charge in [0.05, 0.1) is 6.61 Å². The maximum atomic E-state index is 5.72. The van der Waals surface area contributed by atoms with E-state index in [2.05, 4.69) is 47.8 Å². The van der Waals surface area contributed by atoms with Crippen LogP contribution in [-0.2, 0) is 4.74 Å². The summed E-state index contributed by atoms with van der Waals surface area (Å²) < 4.78 is 7.80. The van der Waals surface area contributed by atoms with Gasteiger partial charge in [0, 0.05) is 38.8 Å². The number of ether oxygens (including phenoxy) is 1. The van der Waals surface area contributed by atoms with E-state index in [-0.39, 0.29) is 6.23 Å². The van der Waals surface area contributed by atoms with E-state index < -0.39 is 0 Å². The summed E-state index contributed by atoms with van der Waals surface area (Å²) >= 11 is 0. The molecule has 3 heteroatoms. The normalized spacial score (nSPS) is 12.5. The molecule has 1 unspecified atom stereocenters. The average molecular weight is 223 g/mol. The van der Waals surface area contributed by atoms with Gasteiger partial charge in [0.25, 0.3) is 6.23 Å². The molecule has 1 heterocycles. The first-order valence-corrected chi connectivity index (χ1v) is 5.95. The lowest BCUT2D eigenvalue weighted by molar-refractivity contribution is -0.758. The second-order valence-electron chi connectivity index (χ2n) is 4.22. The van der Waals surface area contributed by atoms with Gasteiger partial charge in [0.1, 0.15) is 0 Å². The molecule has 0 radical (unpaired) electrons. The van der Waals surface area contributed by atoms with Crippen LogP contribution in [0.15, 0.2) is 24.5 Å². The van der Waals surface area contributed by atoms with Crippen LogP contribution in [0.4, 0.5) is 5.69 Å². The van der Waals surface area contributed by atoms with Crippen LogP contribution < -0.4 is 9.47 Å². The van der Waals surface area contributed by atoms with Crippen molar-refractivity contribution in [2.24, 2.45) is 0 Å². The minimum atomic E-state index is 0.114. The standard InChI is InChI=1S/C13H23N2O/c1-5-6-11-16-12(2)15-9-7-13(8-10-15)14(3)4/h7-10,12H,5-6,11H2,1-4H3/q+1. The molecule has 0 saturated carbocycles. The minimum Gasteiger partial charge on any atom is -0.377 e. The monoisotopic (exact) mass is 223 g/mol. The predicted molar refractivity (Wildman–Crippen MR) is 66.5 cm³/mol. The fraction of sp³-hybridized carbons (Fsp3) is 0.615. The molecule has 0 aromatic carbocycles. The van der Waals surface area contributed by atoms with Crippen molar-refractivity contribution in [3.63, 3.8) is 0 Å². The molecule has 0 aliphatic heterocycles. The maximum Gasteiger partial charge on any atom is 0.259 e. The summed E-state index contributed by atoms with van der Waals surface area (Å²) in [5.41, 5.74) is 1.21. The Kier molecular flexibility index (Phi) is 5.26. The van der Waals surface area contributed by atoms with Gasteiger partial charge in [-0.05, 0) is 6.42 Å². The molecule has 0 aliphatic carbocycles. The molecular weight excluding hydrogens is 200 g/mol. The molecule has 0 saturated heterocycles. The molecule has 1 atom stereocenters. The summed E-state index contributed by atoms with van der Waals surface area (Å²) in [4.78, 5) is 2.09. The second kappa shape index (κ2) is 6.48. The van der Waals surface area contributed by atoms with Gasteiger partial charge in [-0.1, -0.05) is 13.3 Å². The fourth-order valence-electron chi connectivity index (χ4n) is 1.45. The van der Waals surface area contributed by atoms with Crippen molar-refractivity contribution in [2.75, 3.05) is 25.6 Å². The van der Waals surface area contributed by atoms with Crippen molar-refractivity contribution in [2.45, 2.75) is 32.9 Å². The van der Waals surface area contributed by atoms with Crippen LogP contribution in [0.5, 0.6) is 0 Å². The number of nitrogens with zero attached hydrogens (tertiary/aromatic N) is 2. The number of unbranched alkanes of at least 4 members (excludes halogenated alkanes) is 1. The van der Waals surface area contributed by atoms with Crippen molar-refractivity contribution in [1.29, 1.82) is 0 Å². The average Bonchev–Trinajstić information content (AvgIpc) is 2.29. The molecule has 0 bridgehead atoms. The van der Waals surface area contributed by atoms with Crippen LogP contribution >= 0.6 is 0 Å². The summed E-state index contributed by atoms with van der Waals surface area (Å²) in [6.07, 6.45) is 6.54. The number of anilines is 1. The summed E-state index contributed by atoms with van der Waals surface area (Å²) in [6.45, 7) is 5.08. The molecule has 0 N–H and O–H groups in total. The quantitative estimate of drug-likeness (QED) is 0.544. The van der Waals surface area contributed by atoms with Crippen molar-refractivity contribution >= 4 is 5.69 Å². The van der Waals surface area contributed by atoms with Gasteiger partial charge in [-0.3, -0.25) is 0 Å². The SMILES string of the molecule is CCCCOC(C)[n+]1ccc(N(C)C)cc1. The zero-order valence-corrected chi connectivity index (χ0v) is 10.8. The third-order valence-corrected chi connectivity index (χ3v) is 2.63. The Bertz CT molecular complexity index is 295. The van der Waals surface area contributed by atoms with Crippen LogP contribution in [0.2, 0.25) is 0 Å². The number of hydrogen-bond donors (Lipinski definition) is 0. The molecule has 1 aromatic rings. The van der Waals surface area contributed by atoms with E-state index in [9.17, 15) is 0 Å². The minimum absolute atomic E-state index is 0.114. The summed E-state index contributed by atoms with van der Waals surface area (Å²) in [5.74, 6) is 0. The largest absolute Gasteiger partial charge is 0.377 e. The Labute approximate surface area is 98.7 Å². The maximum absolute atomic E-state index is 5.72. The number of aromatic nitrogens is 1. The van der Waals surface area contributed by atoms with E-state index in [1.54, 1.807) is 0 Å². The third kappa shape index (κ3) is 3.81. The van der Waals surface area contributed by atoms with Crippen molar-refractivity contribution in [3.8, 4) is 0 Å². The lowest BCUT2D eigenvalue weighted by atomic mass is 10.3. The Hall–Kier alpha value is -1.09. The van der Waals surface area contributed by atoms with Crippen LogP contribution in [0.1, 0.15) is 32.9 Å². The van der Waals surface area contributed by atoms with Crippen LogP contribution in [-0.4, -0.2) is 20.7 Å². The molecule has 3 nitrogen and oxygen atoms in total. The Morgan fingerprint density at radius 3 is 2.44 bits per heavy atom. The summed E-state index contributed by atoms with van der Waals surface area (Å²) in [5, 5.41) is 0. The van der Waals surface area contributed by atoms with E-state index in [0.29, 0.717) is 0 Å². The molecule has 0 aliphatic rings. The first-order valence-electron chi connectivity index (χ1n) is 5.95. The van der Waals surface area contributed by atoms with Gasteiger partial charge < -0.3 is 9.64 Å².